The number of halogens is 1. The van der Waals surface area contributed by atoms with Gasteiger partial charge in [-0.25, -0.2) is 0 Å². The minimum atomic E-state index is -0.377. The zero-order valence-corrected chi connectivity index (χ0v) is 10.8. The van der Waals surface area contributed by atoms with Gasteiger partial charge in [0.25, 0.3) is 0 Å². The van der Waals surface area contributed by atoms with Crippen LogP contribution in [0.4, 0.5) is 5.69 Å². The number of piperidine rings is 1. The fraction of sp³-hybridized carbons (Fsp3) is 0.500. The van der Waals surface area contributed by atoms with Gasteiger partial charge >= 0.3 is 0 Å². The van der Waals surface area contributed by atoms with Crippen molar-refractivity contribution in [1.29, 1.82) is 0 Å². The third-order valence-corrected chi connectivity index (χ3v) is 3.94. The van der Waals surface area contributed by atoms with Gasteiger partial charge in [-0.15, -0.1) is 0 Å². The van der Waals surface area contributed by atoms with Crippen LogP contribution in [0, 0.1) is 0 Å². The largest absolute Gasteiger partial charge is 0.394 e. The molecule has 0 amide bonds. The summed E-state index contributed by atoms with van der Waals surface area (Å²) in [5.74, 6) is 0. The number of para-hydroxylation sites is 1. The number of benzene rings is 1. The second-order valence-electron chi connectivity index (χ2n) is 4.46. The molecule has 16 heavy (non-hydrogen) atoms. The van der Waals surface area contributed by atoms with Crippen LogP contribution in [-0.2, 0) is 0 Å². The second-order valence-corrected chi connectivity index (χ2v) is 5.31. The van der Waals surface area contributed by atoms with Crippen LogP contribution in [0.15, 0.2) is 28.7 Å². The first kappa shape index (κ1) is 11.9. The van der Waals surface area contributed by atoms with Gasteiger partial charge in [-0.05, 0) is 40.9 Å². The third-order valence-electron chi connectivity index (χ3n) is 3.27. The molecule has 0 atom stereocenters. The lowest BCUT2D eigenvalue weighted by molar-refractivity contribution is 0.170. The van der Waals surface area contributed by atoms with Crippen molar-refractivity contribution in [3.05, 3.63) is 28.7 Å². The molecule has 4 heteroatoms. The Balaban J connectivity index is 2.07. The van der Waals surface area contributed by atoms with Crippen LogP contribution in [0.3, 0.4) is 0 Å². The van der Waals surface area contributed by atoms with Crippen molar-refractivity contribution in [3.8, 4) is 0 Å². The number of aliphatic hydroxyl groups excluding tert-OH is 1. The van der Waals surface area contributed by atoms with Crippen LogP contribution in [0.2, 0.25) is 0 Å². The first-order valence-electron chi connectivity index (χ1n) is 5.54. The van der Waals surface area contributed by atoms with Crippen molar-refractivity contribution >= 4 is 21.6 Å². The van der Waals surface area contributed by atoms with Crippen molar-refractivity contribution in [2.24, 2.45) is 5.73 Å². The molecular weight excluding hydrogens is 268 g/mol. The molecule has 2 rings (SSSR count). The summed E-state index contributed by atoms with van der Waals surface area (Å²) in [5, 5.41) is 9.21. The highest BCUT2D eigenvalue weighted by atomic mass is 79.9. The fourth-order valence-electron chi connectivity index (χ4n) is 2.06. The van der Waals surface area contributed by atoms with Gasteiger partial charge in [0.2, 0.25) is 0 Å². The van der Waals surface area contributed by atoms with Crippen LogP contribution in [-0.4, -0.2) is 30.3 Å². The molecule has 1 aromatic carbocycles. The molecule has 0 aliphatic carbocycles. The molecule has 1 aliphatic rings. The molecule has 1 aliphatic heterocycles. The average Bonchev–Trinajstić information content (AvgIpc) is 2.31. The predicted molar refractivity (Wildman–Crippen MR) is 69.6 cm³/mol. The maximum atomic E-state index is 9.21. The molecule has 1 fully saturated rings. The fourth-order valence-corrected chi connectivity index (χ4v) is 2.59. The van der Waals surface area contributed by atoms with Crippen LogP contribution in [0.5, 0.6) is 0 Å². The number of aliphatic hydroxyl groups is 1. The van der Waals surface area contributed by atoms with E-state index in [2.05, 4.69) is 26.9 Å². The number of rotatable bonds is 2. The zero-order valence-electron chi connectivity index (χ0n) is 9.19. The standard InChI is InChI=1S/C12H17BrN2O/c13-10-3-1-2-4-11(10)15-7-5-12(14,9-16)6-8-15/h1-4,16H,5-9,14H2. The monoisotopic (exact) mass is 284 g/mol. The molecule has 88 valence electrons. The maximum Gasteiger partial charge on any atom is 0.0612 e. The van der Waals surface area contributed by atoms with Crippen LogP contribution in [0.1, 0.15) is 12.8 Å². The third kappa shape index (κ3) is 2.39. The molecule has 3 nitrogen and oxygen atoms in total. The van der Waals surface area contributed by atoms with Gasteiger partial charge in [-0.3, -0.25) is 0 Å². The Morgan fingerprint density at radius 3 is 2.50 bits per heavy atom. The average molecular weight is 285 g/mol. The van der Waals surface area contributed by atoms with Crippen LogP contribution >= 0.6 is 15.9 Å². The van der Waals surface area contributed by atoms with E-state index >= 15 is 0 Å². The van der Waals surface area contributed by atoms with E-state index in [1.807, 2.05) is 18.2 Å². The van der Waals surface area contributed by atoms with Gasteiger partial charge < -0.3 is 15.7 Å². The van der Waals surface area contributed by atoms with E-state index in [-0.39, 0.29) is 12.1 Å². The lowest BCUT2D eigenvalue weighted by atomic mass is 9.89. The summed E-state index contributed by atoms with van der Waals surface area (Å²) in [6.45, 7) is 1.89. The van der Waals surface area contributed by atoms with E-state index in [4.69, 9.17) is 5.73 Å². The van der Waals surface area contributed by atoms with E-state index < -0.39 is 0 Å². The van der Waals surface area contributed by atoms with E-state index in [0.717, 1.165) is 30.4 Å². The van der Waals surface area contributed by atoms with Gasteiger partial charge in [0, 0.05) is 23.1 Å². The first-order chi connectivity index (χ1) is 7.64. The number of hydrogen-bond donors (Lipinski definition) is 2. The SMILES string of the molecule is NC1(CO)CCN(c2ccccc2Br)CC1. The maximum absolute atomic E-state index is 9.21. The highest BCUT2D eigenvalue weighted by Crippen LogP contribution is 2.30. The number of nitrogens with two attached hydrogens (primary N) is 1. The summed E-state index contributed by atoms with van der Waals surface area (Å²) in [6, 6.07) is 8.20. The summed E-state index contributed by atoms with van der Waals surface area (Å²) in [5.41, 5.74) is 6.88. The Morgan fingerprint density at radius 2 is 1.94 bits per heavy atom. The van der Waals surface area contributed by atoms with Crippen molar-refractivity contribution in [2.75, 3.05) is 24.6 Å². The highest BCUT2D eigenvalue weighted by Gasteiger charge is 2.30. The van der Waals surface area contributed by atoms with E-state index in [9.17, 15) is 5.11 Å². The van der Waals surface area contributed by atoms with E-state index in [0.29, 0.717) is 0 Å². The van der Waals surface area contributed by atoms with Gasteiger partial charge in [-0.2, -0.15) is 0 Å². The number of nitrogens with zero attached hydrogens (tertiary/aromatic N) is 1. The van der Waals surface area contributed by atoms with Crippen molar-refractivity contribution < 1.29 is 5.11 Å². The van der Waals surface area contributed by atoms with Crippen molar-refractivity contribution in [2.45, 2.75) is 18.4 Å². The smallest absolute Gasteiger partial charge is 0.0612 e. The molecule has 0 spiro atoms. The first-order valence-corrected chi connectivity index (χ1v) is 6.33. The van der Waals surface area contributed by atoms with E-state index in [1.165, 1.54) is 5.69 Å². The Kier molecular flexibility index (Phi) is 3.52. The Hall–Kier alpha value is -0.580. The Bertz CT molecular complexity index is 362. The summed E-state index contributed by atoms with van der Waals surface area (Å²) < 4.78 is 1.11. The minimum absolute atomic E-state index is 0.0802. The normalized spacial score (nSPS) is 19.8. The summed E-state index contributed by atoms with van der Waals surface area (Å²) in [6.07, 6.45) is 1.68. The number of hydrogen-bond acceptors (Lipinski definition) is 3. The van der Waals surface area contributed by atoms with Gasteiger partial charge in [0.05, 0.1) is 12.3 Å². The highest BCUT2D eigenvalue weighted by molar-refractivity contribution is 9.10. The Labute approximate surface area is 104 Å². The molecule has 0 unspecified atom stereocenters. The molecule has 0 aromatic heterocycles. The van der Waals surface area contributed by atoms with Gasteiger partial charge in [-0.1, -0.05) is 12.1 Å². The van der Waals surface area contributed by atoms with Crippen molar-refractivity contribution in [3.63, 3.8) is 0 Å². The lowest BCUT2D eigenvalue weighted by Crippen LogP contribution is -2.53. The predicted octanol–water partition coefficient (Wildman–Crippen LogP) is 1.74. The topological polar surface area (TPSA) is 49.5 Å². The number of anilines is 1. The van der Waals surface area contributed by atoms with Crippen molar-refractivity contribution in [1.82, 2.24) is 0 Å². The zero-order chi connectivity index (χ0) is 11.6. The van der Waals surface area contributed by atoms with Gasteiger partial charge in [0.15, 0.2) is 0 Å². The summed E-state index contributed by atoms with van der Waals surface area (Å²) in [7, 11) is 0. The molecule has 3 N–H and O–H groups in total. The second kappa shape index (κ2) is 4.73. The molecule has 0 bridgehead atoms. The Morgan fingerprint density at radius 1 is 1.31 bits per heavy atom. The van der Waals surface area contributed by atoms with Crippen LogP contribution < -0.4 is 10.6 Å². The lowest BCUT2D eigenvalue weighted by Gasteiger charge is -2.39. The van der Waals surface area contributed by atoms with Crippen LogP contribution in [0.25, 0.3) is 0 Å². The summed E-state index contributed by atoms with van der Waals surface area (Å²) >= 11 is 3.56. The molecular formula is C12H17BrN2O. The molecule has 1 saturated heterocycles. The van der Waals surface area contributed by atoms with E-state index in [1.54, 1.807) is 0 Å². The minimum Gasteiger partial charge on any atom is -0.394 e. The molecule has 1 aromatic rings. The molecule has 0 radical (unpaired) electrons. The summed E-state index contributed by atoms with van der Waals surface area (Å²) in [4.78, 5) is 2.31. The molecule has 1 heterocycles. The quantitative estimate of drug-likeness (QED) is 0.870. The molecule has 0 saturated carbocycles. The van der Waals surface area contributed by atoms with Gasteiger partial charge in [0.1, 0.15) is 0 Å².